The molecule has 0 spiro atoms. The Bertz CT molecular complexity index is 978. The van der Waals surface area contributed by atoms with Crippen LogP contribution in [-0.4, -0.2) is 10.5 Å². The lowest BCUT2D eigenvalue weighted by molar-refractivity contribution is 0.102. The Balaban J connectivity index is 2.16. The van der Waals surface area contributed by atoms with Gasteiger partial charge in [-0.25, -0.2) is 0 Å². The summed E-state index contributed by atoms with van der Waals surface area (Å²) in [5.41, 5.74) is 2.09. The van der Waals surface area contributed by atoms with Gasteiger partial charge in [0.05, 0.1) is 5.52 Å². The first-order chi connectivity index (χ1) is 11.5. The van der Waals surface area contributed by atoms with Crippen molar-refractivity contribution >= 4 is 34.1 Å². The quantitative estimate of drug-likeness (QED) is 0.775. The molecule has 122 valence electrons. The topological polar surface area (TPSA) is 51.1 Å². The lowest BCUT2D eigenvalue weighted by atomic mass is 10.1. The molecule has 0 radical (unpaired) electrons. The van der Waals surface area contributed by atoms with Gasteiger partial charge in [-0.3, -0.25) is 9.59 Å². The van der Waals surface area contributed by atoms with Crippen LogP contribution in [0.15, 0.2) is 53.5 Å². The van der Waals surface area contributed by atoms with Crippen molar-refractivity contribution in [3.63, 3.8) is 0 Å². The van der Waals surface area contributed by atoms with Crippen molar-refractivity contribution in [3.05, 3.63) is 75.0 Å². The first kappa shape index (κ1) is 16.3. The Morgan fingerprint density at radius 3 is 2.54 bits per heavy atom. The van der Waals surface area contributed by atoms with Crippen LogP contribution in [0.3, 0.4) is 0 Å². The highest BCUT2D eigenvalue weighted by atomic mass is 35.5. The third kappa shape index (κ3) is 2.81. The number of benzene rings is 2. The molecule has 1 heterocycles. The van der Waals surface area contributed by atoms with E-state index in [1.54, 1.807) is 30.5 Å². The van der Waals surface area contributed by atoms with Gasteiger partial charge in [0.25, 0.3) is 5.91 Å². The molecule has 0 bridgehead atoms. The van der Waals surface area contributed by atoms with E-state index in [4.69, 9.17) is 11.6 Å². The van der Waals surface area contributed by atoms with Gasteiger partial charge >= 0.3 is 0 Å². The number of hydrogen-bond donors (Lipinski definition) is 1. The van der Waals surface area contributed by atoms with Gasteiger partial charge in [0.2, 0.25) is 5.43 Å². The summed E-state index contributed by atoms with van der Waals surface area (Å²) in [6.45, 7) is 4.46. The van der Waals surface area contributed by atoms with Crippen LogP contribution >= 0.6 is 11.6 Å². The van der Waals surface area contributed by atoms with Gasteiger partial charge in [0, 0.05) is 28.8 Å². The fourth-order valence-corrected chi connectivity index (χ4v) is 2.94. The fourth-order valence-electron chi connectivity index (χ4n) is 2.78. The van der Waals surface area contributed by atoms with Crippen LogP contribution in [0.1, 0.15) is 22.8 Å². The second-order valence-corrected chi connectivity index (χ2v) is 5.95. The highest BCUT2D eigenvalue weighted by molar-refractivity contribution is 6.32. The SMILES string of the molecule is CCn1cc(C(=O)Nc2ccccc2)c(=O)c2ccc(Cl)c(C)c21. The molecule has 0 aliphatic rings. The number of pyridine rings is 1. The molecule has 0 unspecified atom stereocenters. The Morgan fingerprint density at radius 2 is 1.88 bits per heavy atom. The van der Waals surface area contributed by atoms with Crippen molar-refractivity contribution in [2.45, 2.75) is 20.4 Å². The number of anilines is 1. The third-order valence-corrected chi connectivity index (χ3v) is 4.45. The van der Waals surface area contributed by atoms with Crippen LogP contribution < -0.4 is 10.7 Å². The number of carbonyl (C=O) groups is 1. The molecule has 0 aliphatic carbocycles. The average molecular weight is 341 g/mol. The molecule has 1 aromatic heterocycles. The first-order valence-electron chi connectivity index (χ1n) is 7.71. The summed E-state index contributed by atoms with van der Waals surface area (Å²) in [6, 6.07) is 12.4. The zero-order chi connectivity index (χ0) is 17.3. The summed E-state index contributed by atoms with van der Waals surface area (Å²) in [7, 11) is 0. The summed E-state index contributed by atoms with van der Waals surface area (Å²) >= 11 is 6.18. The number of carbonyl (C=O) groups excluding carboxylic acids is 1. The van der Waals surface area contributed by atoms with E-state index in [2.05, 4.69) is 5.32 Å². The number of nitrogens with one attached hydrogen (secondary N) is 1. The smallest absolute Gasteiger partial charge is 0.261 e. The fraction of sp³-hybridized carbons (Fsp3) is 0.158. The molecule has 0 saturated heterocycles. The number of nitrogens with zero attached hydrogens (tertiary/aromatic N) is 1. The summed E-state index contributed by atoms with van der Waals surface area (Å²) in [5.74, 6) is -0.414. The lowest BCUT2D eigenvalue weighted by Gasteiger charge is -2.14. The van der Waals surface area contributed by atoms with E-state index in [0.717, 1.165) is 11.1 Å². The minimum absolute atomic E-state index is 0.120. The molecule has 5 heteroatoms. The maximum Gasteiger partial charge on any atom is 0.261 e. The van der Waals surface area contributed by atoms with Gasteiger partial charge in [-0.05, 0) is 43.7 Å². The number of fused-ring (bicyclic) bond motifs is 1. The van der Waals surface area contributed by atoms with Crippen molar-refractivity contribution in [1.29, 1.82) is 0 Å². The Hall–Kier alpha value is -2.59. The van der Waals surface area contributed by atoms with Crippen LogP contribution in [0.25, 0.3) is 10.9 Å². The zero-order valence-corrected chi connectivity index (χ0v) is 14.2. The van der Waals surface area contributed by atoms with Crippen LogP contribution in [0, 0.1) is 6.92 Å². The van der Waals surface area contributed by atoms with Crippen LogP contribution in [0.2, 0.25) is 5.02 Å². The van der Waals surface area contributed by atoms with E-state index in [-0.39, 0.29) is 11.0 Å². The van der Waals surface area contributed by atoms with Crippen molar-refractivity contribution in [2.75, 3.05) is 5.32 Å². The summed E-state index contributed by atoms with van der Waals surface area (Å²) in [5, 5.41) is 3.86. The minimum Gasteiger partial charge on any atom is -0.346 e. The highest BCUT2D eigenvalue weighted by Gasteiger charge is 2.17. The minimum atomic E-state index is -0.414. The number of aryl methyl sites for hydroxylation is 2. The number of amides is 1. The molecule has 4 nitrogen and oxygen atoms in total. The molecule has 2 aromatic carbocycles. The van der Waals surface area contributed by atoms with E-state index in [1.165, 1.54) is 0 Å². The number of rotatable bonds is 3. The second kappa shape index (κ2) is 6.49. The predicted molar refractivity (Wildman–Crippen MR) is 98.0 cm³/mol. The molecule has 24 heavy (non-hydrogen) atoms. The van der Waals surface area contributed by atoms with Crippen LogP contribution in [-0.2, 0) is 6.54 Å². The van der Waals surface area contributed by atoms with E-state index in [0.29, 0.717) is 22.6 Å². The van der Waals surface area contributed by atoms with Crippen molar-refractivity contribution in [2.24, 2.45) is 0 Å². The maximum absolute atomic E-state index is 12.8. The monoisotopic (exact) mass is 340 g/mol. The molecule has 0 saturated carbocycles. The molecule has 0 fully saturated rings. The second-order valence-electron chi connectivity index (χ2n) is 5.55. The van der Waals surface area contributed by atoms with Crippen molar-refractivity contribution in [3.8, 4) is 0 Å². The molecule has 1 amide bonds. The van der Waals surface area contributed by atoms with E-state index in [1.807, 2.05) is 36.6 Å². The molecule has 3 rings (SSSR count). The van der Waals surface area contributed by atoms with E-state index < -0.39 is 5.91 Å². The van der Waals surface area contributed by atoms with Crippen molar-refractivity contribution < 1.29 is 4.79 Å². The van der Waals surface area contributed by atoms with Gasteiger partial charge in [-0.2, -0.15) is 0 Å². The normalized spacial score (nSPS) is 10.8. The molecular weight excluding hydrogens is 324 g/mol. The first-order valence-corrected chi connectivity index (χ1v) is 8.09. The lowest BCUT2D eigenvalue weighted by Crippen LogP contribution is -2.24. The standard InChI is InChI=1S/C19H17ClN2O2/c1-3-22-11-15(19(24)21-13-7-5-4-6-8-13)18(23)14-9-10-16(20)12(2)17(14)22/h4-11H,3H2,1-2H3,(H,21,24). The van der Waals surface area contributed by atoms with Gasteiger partial charge in [0.1, 0.15) is 5.56 Å². The van der Waals surface area contributed by atoms with Gasteiger partial charge in [-0.15, -0.1) is 0 Å². The van der Waals surface area contributed by atoms with Gasteiger partial charge in [0.15, 0.2) is 0 Å². The average Bonchev–Trinajstić information content (AvgIpc) is 2.59. The number of para-hydroxylation sites is 1. The molecule has 1 N–H and O–H groups in total. The largest absolute Gasteiger partial charge is 0.346 e. The Labute approximate surface area is 144 Å². The summed E-state index contributed by atoms with van der Waals surface area (Å²) in [6.07, 6.45) is 1.60. The number of halogens is 1. The predicted octanol–water partition coefficient (Wildman–Crippen LogP) is 4.24. The number of aromatic nitrogens is 1. The molecule has 0 aliphatic heterocycles. The Morgan fingerprint density at radius 1 is 1.17 bits per heavy atom. The van der Waals surface area contributed by atoms with Gasteiger partial charge in [-0.1, -0.05) is 29.8 Å². The highest BCUT2D eigenvalue weighted by Crippen LogP contribution is 2.24. The summed E-state index contributed by atoms with van der Waals surface area (Å²) < 4.78 is 1.89. The third-order valence-electron chi connectivity index (χ3n) is 4.04. The van der Waals surface area contributed by atoms with Crippen LogP contribution in [0.4, 0.5) is 5.69 Å². The van der Waals surface area contributed by atoms with Crippen LogP contribution in [0.5, 0.6) is 0 Å². The van der Waals surface area contributed by atoms with Gasteiger partial charge < -0.3 is 9.88 Å². The van der Waals surface area contributed by atoms with E-state index in [9.17, 15) is 9.59 Å². The van der Waals surface area contributed by atoms with E-state index >= 15 is 0 Å². The molecular formula is C19H17ClN2O2. The zero-order valence-electron chi connectivity index (χ0n) is 13.5. The molecule has 3 aromatic rings. The number of hydrogen-bond acceptors (Lipinski definition) is 2. The Kier molecular flexibility index (Phi) is 4.40. The maximum atomic E-state index is 12.8. The molecule has 0 atom stereocenters. The van der Waals surface area contributed by atoms with Crippen molar-refractivity contribution in [1.82, 2.24) is 4.57 Å². The summed E-state index contributed by atoms with van der Waals surface area (Å²) in [4.78, 5) is 25.3.